The summed E-state index contributed by atoms with van der Waals surface area (Å²) in [6, 6.07) is 6.67. The fourth-order valence-corrected chi connectivity index (χ4v) is 1.56. The molecular weight excluding hydrogens is 353 g/mol. The molecule has 0 amide bonds. The van der Waals surface area contributed by atoms with Crippen LogP contribution < -0.4 is 5.73 Å². The first-order valence-corrected chi connectivity index (χ1v) is 5.54. The maximum Gasteiger partial charge on any atom is 0.389 e. The smallest absolute Gasteiger partial charge is 0.324 e. The lowest BCUT2D eigenvalue weighted by Gasteiger charge is -2.13. The van der Waals surface area contributed by atoms with Crippen LogP contribution >= 0.6 is 35.0 Å². The van der Waals surface area contributed by atoms with Crippen molar-refractivity contribution in [2.24, 2.45) is 5.73 Å². The average molecular weight is 366 g/mol. The van der Waals surface area contributed by atoms with Crippen LogP contribution in [0.3, 0.4) is 0 Å². The van der Waals surface area contributed by atoms with Gasteiger partial charge in [0.2, 0.25) is 0 Å². The summed E-state index contributed by atoms with van der Waals surface area (Å²) >= 11 is 2.13. The third kappa shape index (κ3) is 5.91. The molecule has 0 radical (unpaired) electrons. The zero-order valence-corrected chi connectivity index (χ0v) is 11.3. The second-order valence-corrected chi connectivity index (χ2v) is 4.56. The zero-order chi connectivity index (χ0) is 11.5. The second kappa shape index (κ2) is 6.66. The largest absolute Gasteiger partial charge is 0.389 e. The highest BCUT2D eigenvalue weighted by atomic mass is 127. The standard InChI is InChI=1S/C10H11F3IN.ClH/c11-10(12,13)6-5-9(15)7-1-3-8(14)4-2-7;/h1-4,9H,5-6,15H2;1H/t9-;/m0./s1. The first kappa shape index (κ1) is 16.0. The molecule has 0 aliphatic rings. The van der Waals surface area contributed by atoms with Crippen molar-refractivity contribution in [2.45, 2.75) is 25.1 Å². The van der Waals surface area contributed by atoms with E-state index in [2.05, 4.69) is 22.6 Å². The Kier molecular flexibility index (Phi) is 6.65. The molecule has 1 aromatic rings. The SMILES string of the molecule is Cl.N[C@@H](CCC(F)(F)F)c1ccc(I)cc1. The second-order valence-electron chi connectivity index (χ2n) is 3.31. The van der Waals surface area contributed by atoms with Gasteiger partial charge in [-0.2, -0.15) is 13.2 Å². The Labute approximate surface area is 112 Å². The zero-order valence-electron chi connectivity index (χ0n) is 8.30. The van der Waals surface area contributed by atoms with Crippen LogP contribution in [0.2, 0.25) is 0 Å². The summed E-state index contributed by atoms with van der Waals surface area (Å²) < 4.78 is 36.9. The summed E-state index contributed by atoms with van der Waals surface area (Å²) in [5.74, 6) is 0. The molecule has 0 fully saturated rings. The maximum atomic E-state index is 11.9. The molecule has 1 aromatic carbocycles. The van der Waals surface area contributed by atoms with Gasteiger partial charge in [-0.25, -0.2) is 0 Å². The van der Waals surface area contributed by atoms with E-state index >= 15 is 0 Å². The van der Waals surface area contributed by atoms with E-state index < -0.39 is 18.6 Å². The number of rotatable bonds is 3. The molecule has 1 rings (SSSR count). The number of nitrogens with two attached hydrogens (primary N) is 1. The number of alkyl halides is 3. The van der Waals surface area contributed by atoms with Crippen molar-refractivity contribution in [3.63, 3.8) is 0 Å². The molecule has 0 heterocycles. The van der Waals surface area contributed by atoms with Gasteiger partial charge >= 0.3 is 6.18 Å². The van der Waals surface area contributed by atoms with Crippen LogP contribution in [0.15, 0.2) is 24.3 Å². The van der Waals surface area contributed by atoms with E-state index in [4.69, 9.17) is 5.73 Å². The predicted octanol–water partition coefficient (Wildman–Crippen LogP) is 4.06. The van der Waals surface area contributed by atoms with Gasteiger partial charge in [-0.15, -0.1) is 12.4 Å². The monoisotopic (exact) mass is 365 g/mol. The Morgan fingerprint density at radius 1 is 1.19 bits per heavy atom. The number of hydrogen-bond acceptors (Lipinski definition) is 1. The molecule has 1 atom stereocenters. The highest BCUT2D eigenvalue weighted by Crippen LogP contribution is 2.26. The molecule has 0 unspecified atom stereocenters. The van der Waals surface area contributed by atoms with Crippen LogP contribution in [0.5, 0.6) is 0 Å². The lowest BCUT2D eigenvalue weighted by molar-refractivity contribution is -0.136. The molecular formula is C10H12ClF3IN. The summed E-state index contributed by atoms with van der Waals surface area (Å²) in [6.45, 7) is 0. The van der Waals surface area contributed by atoms with Gasteiger partial charge in [0.15, 0.2) is 0 Å². The molecule has 16 heavy (non-hydrogen) atoms. The van der Waals surface area contributed by atoms with Crippen molar-refractivity contribution in [3.8, 4) is 0 Å². The fourth-order valence-electron chi connectivity index (χ4n) is 1.20. The Morgan fingerprint density at radius 3 is 2.12 bits per heavy atom. The van der Waals surface area contributed by atoms with Crippen molar-refractivity contribution in [3.05, 3.63) is 33.4 Å². The van der Waals surface area contributed by atoms with Crippen LogP contribution in [-0.4, -0.2) is 6.18 Å². The average Bonchev–Trinajstić information content (AvgIpc) is 2.14. The Bertz CT molecular complexity index is 313. The Balaban J connectivity index is 0.00000225. The van der Waals surface area contributed by atoms with Crippen LogP contribution in [0, 0.1) is 3.57 Å². The molecule has 0 saturated carbocycles. The molecule has 0 aliphatic carbocycles. The molecule has 92 valence electrons. The van der Waals surface area contributed by atoms with Crippen molar-refractivity contribution < 1.29 is 13.2 Å². The van der Waals surface area contributed by atoms with Gasteiger partial charge in [-0.05, 0) is 46.7 Å². The molecule has 0 aromatic heterocycles. The quantitative estimate of drug-likeness (QED) is 0.804. The minimum absolute atomic E-state index is 0. The van der Waals surface area contributed by atoms with E-state index in [0.29, 0.717) is 0 Å². The first-order valence-electron chi connectivity index (χ1n) is 4.46. The lowest BCUT2D eigenvalue weighted by atomic mass is 10.0. The van der Waals surface area contributed by atoms with E-state index in [0.717, 1.165) is 9.13 Å². The van der Waals surface area contributed by atoms with Gasteiger partial charge in [-0.1, -0.05) is 12.1 Å². The van der Waals surface area contributed by atoms with Gasteiger partial charge < -0.3 is 5.73 Å². The Hall–Kier alpha value is -0.0100. The highest BCUT2D eigenvalue weighted by molar-refractivity contribution is 14.1. The summed E-state index contributed by atoms with van der Waals surface area (Å²) in [4.78, 5) is 0. The number of benzene rings is 1. The van der Waals surface area contributed by atoms with Crippen LogP contribution in [-0.2, 0) is 0 Å². The molecule has 0 bridgehead atoms. The van der Waals surface area contributed by atoms with Gasteiger partial charge in [0.25, 0.3) is 0 Å². The minimum Gasteiger partial charge on any atom is -0.324 e. The van der Waals surface area contributed by atoms with E-state index in [9.17, 15) is 13.2 Å². The summed E-state index contributed by atoms with van der Waals surface area (Å²) in [6.07, 6.45) is -5.02. The predicted molar refractivity (Wildman–Crippen MR) is 68.6 cm³/mol. The topological polar surface area (TPSA) is 26.0 Å². The first-order chi connectivity index (χ1) is 6.88. The van der Waals surface area contributed by atoms with Crippen molar-refractivity contribution in [2.75, 3.05) is 0 Å². The number of hydrogen-bond donors (Lipinski definition) is 1. The van der Waals surface area contributed by atoms with Gasteiger partial charge in [0, 0.05) is 16.0 Å². The minimum atomic E-state index is -4.12. The molecule has 2 N–H and O–H groups in total. The molecule has 0 spiro atoms. The third-order valence-corrected chi connectivity index (χ3v) is 2.76. The maximum absolute atomic E-state index is 11.9. The highest BCUT2D eigenvalue weighted by Gasteiger charge is 2.27. The van der Waals surface area contributed by atoms with Crippen LogP contribution in [0.25, 0.3) is 0 Å². The molecule has 0 saturated heterocycles. The van der Waals surface area contributed by atoms with Crippen molar-refractivity contribution in [1.82, 2.24) is 0 Å². The number of halogens is 5. The fraction of sp³-hybridized carbons (Fsp3) is 0.400. The van der Waals surface area contributed by atoms with Crippen molar-refractivity contribution in [1.29, 1.82) is 0 Å². The van der Waals surface area contributed by atoms with Gasteiger partial charge in [0.1, 0.15) is 0 Å². The Morgan fingerprint density at radius 2 is 1.69 bits per heavy atom. The van der Waals surface area contributed by atoms with E-state index in [-0.39, 0.29) is 18.8 Å². The van der Waals surface area contributed by atoms with Crippen molar-refractivity contribution >= 4 is 35.0 Å². The third-order valence-electron chi connectivity index (χ3n) is 2.04. The van der Waals surface area contributed by atoms with Crippen LogP contribution in [0.4, 0.5) is 13.2 Å². The molecule has 1 nitrogen and oxygen atoms in total. The van der Waals surface area contributed by atoms with E-state index in [1.165, 1.54) is 0 Å². The van der Waals surface area contributed by atoms with Crippen LogP contribution in [0.1, 0.15) is 24.4 Å². The molecule has 6 heteroatoms. The normalized spacial score (nSPS) is 13.1. The summed E-state index contributed by atoms with van der Waals surface area (Å²) in [5, 5.41) is 0. The van der Waals surface area contributed by atoms with E-state index in [1.807, 2.05) is 12.1 Å². The summed E-state index contributed by atoms with van der Waals surface area (Å²) in [5.41, 5.74) is 6.40. The summed E-state index contributed by atoms with van der Waals surface area (Å²) in [7, 11) is 0. The van der Waals surface area contributed by atoms with E-state index in [1.54, 1.807) is 12.1 Å². The van der Waals surface area contributed by atoms with Gasteiger partial charge in [0.05, 0.1) is 0 Å². The lowest BCUT2D eigenvalue weighted by Crippen LogP contribution is -2.15. The van der Waals surface area contributed by atoms with Gasteiger partial charge in [-0.3, -0.25) is 0 Å². The molecule has 0 aliphatic heterocycles.